The van der Waals surface area contributed by atoms with Crippen LogP contribution in [0.4, 0.5) is 0 Å². The maximum atomic E-state index is 12.2. The van der Waals surface area contributed by atoms with Crippen LogP contribution >= 0.6 is 15.9 Å². The van der Waals surface area contributed by atoms with Crippen molar-refractivity contribution in [2.24, 2.45) is 0 Å². The van der Waals surface area contributed by atoms with Crippen molar-refractivity contribution >= 4 is 33.8 Å². The molecule has 1 aromatic carbocycles. The van der Waals surface area contributed by atoms with Crippen LogP contribution in [0, 0.1) is 0 Å². The molecule has 2 amide bonds. The van der Waals surface area contributed by atoms with E-state index in [1.54, 1.807) is 13.2 Å². The largest absolute Gasteiger partial charge is 0.496 e. The Kier molecular flexibility index (Phi) is 7.98. The zero-order valence-electron chi connectivity index (χ0n) is 14.6. The molecular weight excluding hydrogens is 384 g/mol. The van der Waals surface area contributed by atoms with Crippen molar-refractivity contribution in [1.29, 1.82) is 0 Å². The SMILES string of the molecule is COc1ccc(Br)cc1/C=C/C(=O)NCCC(=O)N1CCCCCC1. The Bertz CT molecular complexity index is 623. The number of carbonyl (C=O) groups excluding carboxylic acids is 2. The molecule has 1 fully saturated rings. The number of likely N-dealkylation sites (tertiary alicyclic amines) is 1. The molecule has 0 bridgehead atoms. The minimum absolute atomic E-state index is 0.125. The summed E-state index contributed by atoms with van der Waals surface area (Å²) in [5, 5.41) is 2.76. The molecular formula is C19H25BrN2O3. The maximum absolute atomic E-state index is 12.2. The Labute approximate surface area is 157 Å². The lowest BCUT2D eigenvalue weighted by Crippen LogP contribution is -2.34. The Morgan fingerprint density at radius 3 is 2.64 bits per heavy atom. The number of carbonyl (C=O) groups is 2. The molecule has 5 nitrogen and oxygen atoms in total. The standard InChI is InChI=1S/C19H25BrN2O3/c1-25-17-8-7-16(20)14-15(17)6-9-18(23)21-11-10-19(24)22-12-4-2-3-5-13-22/h6-9,14H,2-5,10-13H2,1H3,(H,21,23)/b9-6+. The van der Waals surface area contributed by atoms with Crippen LogP contribution in [0.1, 0.15) is 37.7 Å². The minimum atomic E-state index is -0.217. The van der Waals surface area contributed by atoms with Gasteiger partial charge in [0.05, 0.1) is 7.11 Å². The first-order valence-corrected chi connectivity index (χ1v) is 9.46. The highest BCUT2D eigenvalue weighted by Crippen LogP contribution is 2.24. The Morgan fingerprint density at radius 1 is 1.24 bits per heavy atom. The van der Waals surface area contributed by atoms with Gasteiger partial charge in [0.2, 0.25) is 11.8 Å². The molecule has 1 saturated heterocycles. The fraction of sp³-hybridized carbons (Fsp3) is 0.474. The molecule has 25 heavy (non-hydrogen) atoms. The van der Waals surface area contributed by atoms with E-state index in [4.69, 9.17) is 4.74 Å². The number of nitrogens with one attached hydrogen (secondary N) is 1. The molecule has 1 N–H and O–H groups in total. The van der Waals surface area contributed by atoms with Crippen molar-refractivity contribution in [2.45, 2.75) is 32.1 Å². The number of halogens is 1. The summed E-state index contributed by atoms with van der Waals surface area (Å²) in [7, 11) is 1.59. The molecule has 1 heterocycles. The number of ether oxygens (including phenoxy) is 1. The molecule has 0 atom stereocenters. The highest BCUT2D eigenvalue weighted by atomic mass is 79.9. The van der Waals surface area contributed by atoms with Gasteiger partial charge in [-0.1, -0.05) is 28.8 Å². The average Bonchev–Trinajstić information content (AvgIpc) is 2.89. The highest BCUT2D eigenvalue weighted by molar-refractivity contribution is 9.10. The summed E-state index contributed by atoms with van der Waals surface area (Å²) < 4.78 is 6.18. The number of rotatable bonds is 6. The summed E-state index contributed by atoms with van der Waals surface area (Å²) in [5.74, 6) is 0.606. The van der Waals surface area contributed by atoms with Gasteiger partial charge < -0.3 is 15.0 Å². The fourth-order valence-corrected chi connectivity index (χ4v) is 3.21. The second-order valence-electron chi connectivity index (χ2n) is 6.06. The van der Waals surface area contributed by atoms with Gasteiger partial charge in [-0.15, -0.1) is 0 Å². The quantitative estimate of drug-likeness (QED) is 0.733. The second-order valence-corrected chi connectivity index (χ2v) is 6.97. The van der Waals surface area contributed by atoms with Crippen LogP contribution < -0.4 is 10.1 Å². The van der Waals surface area contributed by atoms with Crippen molar-refractivity contribution in [2.75, 3.05) is 26.7 Å². The fourth-order valence-electron chi connectivity index (χ4n) is 2.83. The molecule has 1 aromatic rings. The predicted molar refractivity (Wildman–Crippen MR) is 102 cm³/mol. The summed E-state index contributed by atoms with van der Waals surface area (Å²) in [6.45, 7) is 2.04. The normalized spacial score (nSPS) is 15.0. The van der Waals surface area contributed by atoms with Crippen LogP contribution in [-0.4, -0.2) is 43.5 Å². The van der Waals surface area contributed by atoms with Gasteiger partial charge >= 0.3 is 0 Å². The van der Waals surface area contributed by atoms with Crippen molar-refractivity contribution in [3.05, 3.63) is 34.3 Å². The smallest absolute Gasteiger partial charge is 0.244 e. The first-order chi connectivity index (χ1) is 12.1. The molecule has 0 aliphatic carbocycles. The Morgan fingerprint density at radius 2 is 1.96 bits per heavy atom. The van der Waals surface area contributed by atoms with Gasteiger partial charge in [-0.05, 0) is 37.1 Å². The number of hydrogen-bond donors (Lipinski definition) is 1. The summed E-state index contributed by atoms with van der Waals surface area (Å²) in [6.07, 6.45) is 8.06. The van der Waals surface area contributed by atoms with E-state index >= 15 is 0 Å². The first-order valence-electron chi connectivity index (χ1n) is 8.67. The Hall–Kier alpha value is -1.82. The van der Waals surface area contributed by atoms with E-state index in [2.05, 4.69) is 21.2 Å². The number of amides is 2. The molecule has 136 valence electrons. The summed E-state index contributed by atoms with van der Waals surface area (Å²) in [4.78, 5) is 26.0. The van der Waals surface area contributed by atoms with Crippen LogP contribution in [0.2, 0.25) is 0 Å². The average molecular weight is 409 g/mol. The zero-order valence-corrected chi connectivity index (χ0v) is 16.2. The van der Waals surface area contributed by atoms with E-state index in [1.165, 1.54) is 18.9 Å². The number of benzene rings is 1. The first kappa shape index (κ1) is 19.5. The van der Waals surface area contributed by atoms with Crippen LogP contribution in [0.5, 0.6) is 5.75 Å². The molecule has 0 spiro atoms. The van der Waals surface area contributed by atoms with E-state index in [0.29, 0.717) is 18.7 Å². The molecule has 0 aromatic heterocycles. The third kappa shape index (κ3) is 6.53. The molecule has 0 radical (unpaired) electrons. The van der Waals surface area contributed by atoms with Gasteiger partial charge in [0.1, 0.15) is 5.75 Å². The number of hydrogen-bond acceptors (Lipinski definition) is 3. The lowest BCUT2D eigenvalue weighted by Gasteiger charge is -2.20. The van der Waals surface area contributed by atoms with Crippen LogP contribution in [0.3, 0.4) is 0 Å². The van der Waals surface area contributed by atoms with E-state index in [1.807, 2.05) is 23.1 Å². The molecule has 1 aliphatic rings. The van der Waals surface area contributed by atoms with Gasteiger partial charge in [-0.3, -0.25) is 9.59 Å². The number of methoxy groups -OCH3 is 1. The summed E-state index contributed by atoms with van der Waals surface area (Å²) in [5.41, 5.74) is 0.813. The molecule has 0 unspecified atom stereocenters. The predicted octanol–water partition coefficient (Wildman–Crippen LogP) is 3.38. The van der Waals surface area contributed by atoms with Gasteiger partial charge in [0, 0.05) is 42.2 Å². The van der Waals surface area contributed by atoms with E-state index in [9.17, 15) is 9.59 Å². The molecule has 0 saturated carbocycles. The van der Waals surface area contributed by atoms with Crippen LogP contribution in [0.15, 0.2) is 28.7 Å². The van der Waals surface area contributed by atoms with Crippen LogP contribution in [0.25, 0.3) is 6.08 Å². The van der Waals surface area contributed by atoms with Crippen molar-refractivity contribution in [1.82, 2.24) is 10.2 Å². The molecule has 1 aliphatic heterocycles. The summed E-state index contributed by atoms with van der Waals surface area (Å²) in [6, 6.07) is 5.59. The summed E-state index contributed by atoms with van der Waals surface area (Å²) >= 11 is 3.40. The van der Waals surface area contributed by atoms with E-state index < -0.39 is 0 Å². The third-order valence-electron chi connectivity index (χ3n) is 4.20. The minimum Gasteiger partial charge on any atom is -0.496 e. The maximum Gasteiger partial charge on any atom is 0.244 e. The Balaban J connectivity index is 1.78. The van der Waals surface area contributed by atoms with E-state index in [-0.39, 0.29) is 11.8 Å². The van der Waals surface area contributed by atoms with Crippen molar-refractivity contribution in [3.63, 3.8) is 0 Å². The highest BCUT2D eigenvalue weighted by Gasteiger charge is 2.14. The monoisotopic (exact) mass is 408 g/mol. The van der Waals surface area contributed by atoms with Gasteiger partial charge in [-0.2, -0.15) is 0 Å². The molecule has 2 rings (SSSR count). The van der Waals surface area contributed by atoms with Gasteiger partial charge in [-0.25, -0.2) is 0 Å². The van der Waals surface area contributed by atoms with Gasteiger partial charge in [0.25, 0.3) is 0 Å². The van der Waals surface area contributed by atoms with Crippen molar-refractivity contribution in [3.8, 4) is 5.75 Å². The third-order valence-corrected chi connectivity index (χ3v) is 4.70. The lowest BCUT2D eigenvalue weighted by molar-refractivity contribution is -0.131. The van der Waals surface area contributed by atoms with Crippen LogP contribution in [-0.2, 0) is 9.59 Å². The van der Waals surface area contributed by atoms with Crippen molar-refractivity contribution < 1.29 is 14.3 Å². The van der Waals surface area contributed by atoms with Gasteiger partial charge in [0.15, 0.2) is 0 Å². The lowest BCUT2D eigenvalue weighted by atomic mass is 10.2. The zero-order chi connectivity index (χ0) is 18.1. The second kappa shape index (κ2) is 10.2. The molecule has 6 heteroatoms. The number of nitrogens with zero attached hydrogens (tertiary/aromatic N) is 1. The topological polar surface area (TPSA) is 58.6 Å². The van der Waals surface area contributed by atoms with E-state index in [0.717, 1.165) is 36.0 Å².